The number of aromatic nitrogens is 2. The van der Waals surface area contributed by atoms with Gasteiger partial charge in [-0.15, -0.1) is 0 Å². The predicted octanol–water partition coefficient (Wildman–Crippen LogP) is 1.20. The molecule has 0 spiro atoms. The predicted molar refractivity (Wildman–Crippen MR) is 68.2 cm³/mol. The molecule has 1 aliphatic rings. The van der Waals surface area contributed by atoms with Crippen LogP contribution in [-0.4, -0.2) is 34.7 Å². The molecule has 0 saturated heterocycles. The minimum absolute atomic E-state index is 0.0847. The van der Waals surface area contributed by atoms with E-state index in [-0.39, 0.29) is 5.91 Å². The molecule has 6 heteroatoms. The lowest BCUT2D eigenvalue weighted by Gasteiger charge is -2.06. The molecule has 1 fully saturated rings. The van der Waals surface area contributed by atoms with Crippen LogP contribution in [0, 0.1) is 6.92 Å². The van der Waals surface area contributed by atoms with Crippen molar-refractivity contribution in [3.63, 3.8) is 0 Å². The van der Waals surface area contributed by atoms with Crippen LogP contribution in [0.4, 0.5) is 5.95 Å². The van der Waals surface area contributed by atoms with Gasteiger partial charge in [0, 0.05) is 19.3 Å². The van der Waals surface area contributed by atoms with Crippen molar-refractivity contribution in [2.45, 2.75) is 30.8 Å². The second-order valence-corrected chi connectivity index (χ2v) is 5.03. The average Bonchev–Trinajstić information content (AvgIpc) is 3.12. The summed E-state index contributed by atoms with van der Waals surface area (Å²) in [5.74, 6) is 1.08. The topological polar surface area (TPSA) is 66.9 Å². The van der Waals surface area contributed by atoms with E-state index in [1.807, 2.05) is 6.92 Å². The molecule has 0 atom stereocenters. The minimum atomic E-state index is 0.0847. The third kappa shape index (κ3) is 3.59. The first-order valence-corrected chi connectivity index (χ1v) is 6.61. The van der Waals surface area contributed by atoms with Crippen LogP contribution < -0.4 is 10.6 Å². The summed E-state index contributed by atoms with van der Waals surface area (Å²) < 4.78 is 0. The summed E-state index contributed by atoms with van der Waals surface area (Å²) >= 11 is 1.45. The van der Waals surface area contributed by atoms with Crippen molar-refractivity contribution in [3.05, 3.63) is 11.8 Å². The van der Waals surface area contributed by atoms with Gasteiger partial charge in [0.15, 0.2) is 0 Å². The molecular formula is C11H16N4OS. The quantitative estimate of drug-likeness (QED) is 0.609. The molecule has 2 rings (SSSR count). The molecule has 1 heterocycles. The Balaban J connectivity index is 1.90. The highest BCUT2D eigenvalue weighted by Gasteiger charge is 2.23. The van der Waals surface area contributed by atoms with Crippen LogP contribution in [0.3, 0.4) is 0 Å². The molecule has 0 unspecified atom stereocenters. The van der Waals surface area contributed by atoms with Gasteiger partial charge in [-0.25, -0.2) is 9.97 Å². The molecule has 0 bridgehead atoms. The lowest BCUT2D eigenvalue weighted by atomic mass is 10.4. The number of rotatable bonds is 5. The minimum Gasteiger partial charge on any atom is -0.357 e. The van der Waals surface area contributed by atoms with Gasteiger partial charge in [-0.05, 0) is 25.3 Å². The van der Waals surface area contributed by atoms with Crippen molar-refractivity contribution < 1.29 is 4.79 Å². The highest BCUT2D eigenvalue weighted by atomic mass is 32.2. The Kier molecular flexibility index (Phi) is 3.83. The second kappa shape index (κ2) is 5.35. The van der Waals surface area contributed by atoms with Gasteiger partial charge < -0.3 is 10.6 Å². The van der Waals surface area contributed by atoms with Crippen molar-refractivity contribution >= 4 is 23.6 Å². The normalized spacial score (nSPS) is 14.5. The first kappa shape index (κ1) is 12.2. The van der Waals surface area contributed by atoms with Gasteiger partial charge in [-0.1, -0.05) is 11.8 Å². The van der Waals surface area contributed by atoms with E-state index >= 15 is 0 Å². The van der Waals surface area contributed by atoms with Crippen LogP contribution in [0.5, 0.6) is 0 Å². The van der Waals surface area contributed by atoms with Crippen molar-refractivity contribution in [1.29, 1.82) is 0 Å². The number of aryl methyl sites for hydroxylation is 1. The fourth-order valence-electron chi connectivity index (χ4n) is 1.32. The number of carbonyl (C=O) groups is 1. The Labute approximate surface area is 105 Å². The van der Waals surface area contributed by atoms with Crippen molar-refractivity contribution in [1.82, 2.24) is 15.3 Å². The number of hydrogen-bond donors (Lipinski definition) is 2. The SMILES string of the molecule is CNc1ncc(C)c(SCC(=O)NC2CC2)n1. The molecule has 1 amide bonds. The summed E-state index contributed by atoms with van der Waals surface area (Å²) in [4.78, 5) is 20.0. The monoisotopic (exact) mass is 252 g/mol. The summed E-state index contributed by atoms with van der Waals surface area (Å²) in [5, 5.41) is 6.70. The number of nitrogens with zero attached hydrogens (tertiary/aromatic N) is 2. The molecule has 2 N–H and O–H groups in total. The Bertz CT molecular complexity index is 420. The maximum atomic E-state index is 11.5. The number of hydrogen-bond acceptors (Lipinski definition) is 5. The van der Waals surface area contributed by atoms with Crippen LogP contribution in [-0.2, 0) is 4.79 Å². The van der Waals surface area contributed by atoms with Gasteiger partial charge >= 0.3 is 0 Å². The molecule has 1 saturated carbocycles. The van der Waals surface area contributed by atoms with Crippen molar-refractivity contribution in [2.75, 3.05) is 18.1 Å². The third-order valence-corrected chi connectivity index (χ3v) is 3.52. The molecule has 1 aromatic heterocycles. The maximum Gasteiger partial charge on any atom is 0.230 e. The van der Waals surface area contributed by atoms with E-state index in [2.05, 4.69) is 20.6 Å². The summed E-state index contributed by atoms with van der Waals surface area (Å²) in [6, 6.07) is 0.419. The molecule has 0 aromatic carbocycles. The van der Waals surface area contributed by atoms with Gasteiger partial charge in [0.2, 0.25) is 11.9 Å². The number of carbonyl (C=O) groups excluding carboxylic acids is 1. The zero-order valence-electron chi connectivity index (χ0n) is 9.99. The molecule has 1 aromatic rings. The molecule has 92 valence electrons. The van der Waals surface area contributed by atoms with Gasteiger partial charge in [-0.3, -0.25) is 4.79 Å². The standard InChI is InChI=1S/C11H16N4OS/c1-7-5-13-11(12-2)15-10(7)17-6-9(16)14-8-3-4-8/h5,8H,3-4,6H2,1-2H3,(H,14,16)(H,12,13,15). The summed E-state index contributed by atoms with van der Waals surface area (Å²) in [7, 11) is 1.78. The summed E-state index contributed by atoms with van der Waals surface area (Å²) in [6.45, 7) is 1.95. The van der Waals surface area contributed by atoms with E-state index in [1.54, 1.807) is 13.2 Å². The smallest absolute Gasteiger partial charge is 0.230 e. The van der Waals surface area contributed by atoms with Crippen molar-refractivity contribution in [2.24, 2.45) is 0 Å². The van der Waals surface area contributed by atoms with Crippen LogP contribution in [0.25, 0.3) is 0 Å². The Morgan fingerprint density at radius 1 is 1.59 bits per heavy atom. The highest BCUT2D eigenvalue weighted by molar-refractivity contribution is 7.99. The van der Waals surface area contributed by atoms with E-state index in [4.69, 9.17) is 0 Å². The third-order valence-electron chi connectivity index (χ3n) is 2.43. The first-order valence-electron chi connectivity index (χ1n) is 5.62. The van der Waals surface area contributed by atoms with Gasteiger partial charge in [0.05, 0.1) is 5.75 Å². The zero-order valence-corrected chi connectivity index (χ0v) is 10.8. The number of anilines is 1. The van der Waals surface area contributed by atoms with E-state index in [1.165, 1.54) is 11.8 Å². The number of amides is 1. The first-order chi connectivity index (χ1) is 8.19. The molecule has 0 aliphatic heterocycles. The molecular weight excluding hydrogens is 236 g/mol. The molecule has 0 radical (unpaired) electrons. The van der Waals surface area contributed by atoms with E-state index in [0.29, 0.717) is 17.7 Å². The molecule has 1 aliphatic carbocycles. The van der Waals surface area contributed by atoms with Crippen molar-refractivity contribution in [3.8, 4) is 0 Å². The van der Waals surface area contributed by atoms with Crippen LogP contribution >= 0.6 is 11.8 Å². The highest BCUT2D eigenvalue weighted by Crippen LogP contribution is 2.22. The lowest BCUT2D eigenvalue weighted by molar-refractivity contribution is -0.118. The maximum absolute atomic E-state index is 11.5. The van der Waals surface area contributed by atoms with E-state index in [0.717, 1.165) is 23.4 Å². The zero-order chi connectivity index (χ0) is 12.3. The van der Waals surface area contributed by atoms with E-state index in [9.17, 15) is 4.79 Å². The van der Waals surface area contributed by atoms with Gasteiger partial charge in [0.1, 0.15) is 5.03 Å². The summed E-state index contributed by atoms with van der Waals surface area (Å²) in [5.41, 5.74) is 0.994. The Morgan fingerprint density at radius 2 is 2.35 bits per heavy atom. The fraction of sp³-hybridized carbons (Fsp3) is 0.545. The van der Waals surface area contributed by atoms with Crippen LogP contribution in [0.15, 0.2) is 11.2 Å². The lowest BCUT2D eigenvalue weighted by Crippen LogP contribution is -2.27. The van der Waals surface area contributed by atoms with E-state index < -0.39 is 0 Å². The van der Waals surface area contributed by atoms with Crippen LogP contribution in [0.2, 0.25) is 0 Å². The Hall–Kier alpha value is -1.30. The van der Waals surface area contributed by atoms with Crippen LogP contribution in [0.1, 0.15) is 18.4 Å². The number of thioether (sulfide) groups is 1. The summed E-state index contributed by atoms with van der Waals surface area (Å²) in [6.07, 6.45) is 4.00. The second-order valence-electron chi connectivity index (χ2n) is 4.06. The Morgan fingerprint density at radius 3 is 3.00 bits per heavy atom. The number of nitrogens with one attached hydrogen (secondary N) is 2. The van der Waals surface area contributed by atoms with Gasteiger partial charge in [-0.2, -0.15) is 0 Å². The largest absolute Gasteiger partial charge is 0.357 e. The fourth-order valence-corrected chi connectivity index (χ4v) is 2.11. The molecule has 17 heavy (non-hydrogen) atoms. The molecule has 5 nitrogen and oxygen atoms in total. The average molecular weight is 252 g/mol. The van der Waals surface area contributed by atoms with Gasteiger partial charge in [0.25, 0.3) is 0 Å².